The van der Waals surface area contributed by atoms with Crippen LogP contribution in [0.2, 0.25) is 0 Å². The molecule has 0 saturated heterocycles. The molecule has 2 unspecified atom stereocenters. The summed E-state index contributed by atoms with van der Waals surface area (Å²) in [7, 11) is 0. The highest BCUT2D eigenvalue weighted by atomic mass is 32.2. The lowest BCUT2D eigenvalue weighted by molar-refractivity contribution is 0.0809. The van der Waals surface area contributed by atoms with Crippen LogP contribution in [0.25, 0.3) is 0 Å². The molecule has 1 aromatic carbocycles. The van der Waals surface area contributed by atoms with Gasteiger partial charge in [0.1, 0.15) is 0 Å². The van der Waals surface area contributed by atoms with Gasteiger partial charge in [-0.15, -0.1) is 0 Å². The molecular weight excluding hydrogens is 254 g/mol. The summed E-state index contributed by atoms with van der Waals surface area (Å²) < 4.78 is 0. The maximum atomic E-state index is 10.3. The van der Waals surface area contributed by atoms with Crippen LogP contribution in [0.5, 0.6) is 0 Å². The first kappa shape index (κ1) is 16.5. The average molecular weight is 281 g/mol. The molecule has 0 fully saturated rings. The second kappa shape index (κ2) is 8.62. The van der Waals surface area contributed by atoms with Gasteiger partial charge in [-0.25, -0.2) is 0 Å². The van der Waals surface area contributed by atoms with Gasteiger partial charge >= 0.3 is 0 Å². The van der Waals surface area contributed by atoms with Crippen molar-refractivity contribution in [3.63, 3.8) is 0 Å². The Morgan fingerprint density at radius 3 is 2.58 bits per heavy atom. The van der Waals surface area contributed by atoms with Crippen molar-refractivity contribution in [2.75, 3.05) is 18.6 Å². The summed E-state index contributed by atoms with van der Waals surface area (Å²) in [5, 5.41) is 13.8. The third kappa shape index (κ3) is 6.46. The second-order valence-electron chi connectivity index (χ2n) is 5.42. The van der Waals surface area contributed by atoms with Crippen LogP contribution in [-0.4, -0.2) is 29.3 Å². The lowest BCUT2D eigenvalue weighted by Crippen LogP contribution is -2.41. The van der Waals surface area contributed by atoms with E-state index < -0.39 is 5.60 Å². The highest BCUT2D eigenvalue weighted by Crippen LogP contribution is 2.20. The maximum Gasteiger partial charge on any atom is 0.0833 e. The van der Waals surface area contributed by atoms with Gasteiger partial charge in [-0.1, -0.05) is 50.1 Å². The Bertz CT molecular complexity index is 340. The van der Waals surface area contributed by atoms with Crippen molar-refractivity contribution in [2.45, 2.75) is 44.8 Å². The standard InChI is InChI=1S/C16H27NOS/c1-4-5-11-15(14-9-7-6-8-10-14)17-12-16(2,18)13-19-3/h6-10,15,17-18H,4-5,11-13H2,1-3H3. The zero-order valence-corrected chi connectivity index (χ0v) is 13.2. The SMILES string of the molecule is CCCCC(NCC(C)(O)CSC)c1ccccc1. The van der Waals surface area contributed by atoms with E-state index in [0.717, 1.165) is 12.2 Å². The normalized spacial score (nSPS) is 16.0. The third-order valence-electron chi connectivity index (χ3n) is 3.23. The van der Waals surface area contributed by atoms with Crippen LogP contribution in [0.15, 0.2) is 30.3 Å². The summed E-state index contributed by atoms with van der Waals surface area (Å²) >= 11 is 1.68. The Kier molecular flexibility index (Phi) is 7.51. The van der Waals surface area contributed by atoms with Gasteiger partial charge in [-0.05, 0) is 25.2 Å². The Morgan fingerprint density at radius 2 is 2.00 bits per heavy atom. The lowest BCUT2D eigenvalue weighted by atomic mass is 10.00. The second-order valence-corrected chi connectivity index (χ2v) is 6.28. The molecule has 0 bridgehead atoms. The summed E-state index contributed by atoms with van der Waals surface area (Å²) in [6.07, 6.45) is 5.56. The fraction of sp³-hybridized carbons (Fsp3) is 0.625. The smallest absolute Gasteiger partial charge is 0.0833 e. The highest BCUT2D eigenvalue weighted by Gasteiger charge is 2.21. The molecule has 2 atom stereocenters. The van der Waals surface area contributed by atoms with Gasteiger partial charge in [0.25, 0.3) is 0 Å². The van der Waals surface area contributed by atoms with E-state index >= 15 is 0 Å². The molecule has 1 rings (SSSR count). The molecule has 0 aliphatic heterocycles. The summed E-state index contributed by atoms with van der Waals surface area (Å²) in [6.45, 7) is 4.75. The van der Waals surface area contributed by atoms with E-state index in [9.17, 15) is 5.11 Å². The van der Waals surface area contributed by atoms with Gasteiger partial charge in [-0.3, -0.25) is 0 Å². The van der Waals surface area contributed by atoms with Gasteiger partial charge in [0.2, 0.25) is 0 Å². The van der Waals surface area contributed by atoms with E-state index in [-0.39, 0.29) is 0 Å². The molecule has 0 aliphatic rings. The van der Waals surface area contributed by atoms with Gasteiger partial charge in [0.05, 0.1) is 5.60 Å². The van der Waals surface area contributed by atoms with Crippen LogP contribution in [0.4, 0.5) is 0 Å². The quantitative estimate of drug-likeness (QED) is 0.725. The number of aliphatic hydroxyl groups is 1. The number of nitrogens with one attached hydrogen (secondary N) is 1. The van der Waals surface area contributed by atoms with Crippen molar-refractivity contribution in [1.82, 2.24) is 5.32 Å². The molecule has 0 radical (unpaired) electrons. The lowest BCUT2D eigenvalue weighted by Gasteiger charge is -2.27. The summed E-state index contributed by atoms with van der Waals surface area (Å²) in [5.74, 6) is 0.759. The fourth-order valence-electron chi connectivity index (χ4n) is 2.19. The summed E-state index contributed by atoms with van der Waals surface area (Å²) in [6, 6.07) is 10.9. The number of thioether (sulfide) groups is 1. The Hall–Kier alpha value is -0.510. The van der Waals surface area contributed by atoms with Crippen molar-refractivity contribution in [3.8, 4) is 0 Å². The number of hydrogen-bond acceptors (Lipinski definition) is 3. The minimum atomic E-state index is -0.640. The molecule has 0 aromatic heterocycles. The third-order valence-corrected chi connectivity index (χ3v) is 4.14. The molecule has 0 heterocycles. The Labute approximate surface area is 122 Å². The summed E-state index contributed by atoms with van der Waals surface area (Å²) in [4.78, 5) is 0. The first-order valence-electron chi connectivity index (χ1n) is 7.08. The molecule has 0 amide bonds. The molecule has 2 N–H and O–H groups in total. The van der Waals surface area contributed by atoms with E-state index in [2.05, 4.69) is 36.5 Å². The van der Waals surface area contributed by atoms with E-state index in [1.807, 2.05) is 19.2 Å². The van der Waals surface area contributed by atoms with Crippen molar-refractivity contribution < 1.29 is 5.11 Å². The number of benzene rings is 1. The Morgan fingerprint density at radius 1 is 1.32 bits per heavy atom. The van der Waals surface area contributed by atoms with E-state index in [1.54, 1.807) is 11.8 Å². The minimum absolute atomic E-state index is 0.342. The molecule has 0 saturated carbocycles. The fourth-order valence-corrected chi connectivity index (χ4v) is 2.91. The summed E-state index contributed by atoms with van der Waals surface area (Å²) in [5.41, 5.74) is 0.675. The van der Waals surface area contributed by atoms with Gasteiger partial charge in [0.15, 0.2) is 0 Å². The van der Waals surface area contributed by atoms with E-state index in [1.165, 1.54) is 18.4 Å². The predicted octanol–water partition coefficient (Wildman–Crippen LogP) is 3.62. The molecule has 19 heavy (non-hydrogen) atoms. The van der Waals surface area contributed by atoms with Crippen LogP contribution in [0.3, 0.4) is 0 Å². The van der Waals surface area contributed by atoms with Crippen molar-refractivity contribution in [3.05, 3.63) is 35.9 Å². The molecule has 0 spiro atoms. The maximum absolute atomic E-state index is 10.3. The van der Waals surface area contributed by atoms with Crippen LogP contribution in [0.1, 0.15) is 44.7 Å². The zero-order chi connectivity index (χ0) is 14.1. The predicted molar refractivity (Wildman–Crippen MR) is 85.7 cm³/mol. The first-order chi connectivity index (χ1) is 9.09. The van der Waals surface area contributed by atoms with Crippen molar-refractivity contribution >= 4 is 11.8 Å². The van der Waals surface area contributed by atoms with Crippen molar-refractivity contribution in [2.24, 2.45) is 0 Å². The molecule has 2 nitrogen and oxygen atoms in total. The van der Waals surface area contributed by atoms with Crippen LogP contribution < -0.4 is 5.32 Å². The molecule has 108 valence electrons. The Balaban J connectivity index is 2.60. The highest BCUT2D eigenvalue weighted by molar-refractivity contribution is 7.98. The van der Waals surface area contributed by atoms with Gasteiger partial charge in [-0.2, -0.15) is 11.8 Å². The largest absolute Gasteiger partial charge is 0.388 e. The minimum Gasteiger partial charge on any atom is -0.388 e. The van der Waals surface area contributed by atoms with Crippen molar-refractivity contribution in [1.29, 1.82) is 0 Å². The first-order valence-corrected chi connectivity index (χ1v) is 8.48. The van der Waals surface area contributed by atoms with E-state index in [0.29, 0.717) is 12.6 Å². The number of unbranched alkanes of at least 4 members (excludes halogenated alkanes) is 1. The molecule has 0 aliphatic carbocycles. The van der Waals surface area contributed by atoms with E-state index in [4.69, 9.17) is 0 Å². The van der Waals surface area contributed by atoms with Gasteiger partial charge in [0, 0.05) is 18.3 Å². The van der Waals surface area contributed by atoms with Crippen LogP contribution in [0, 0.1) is 0 Å². The van der Waals surface area contributed by atoms with Gasteiger partial charge < -0.3 is 10.4 Å². The van der Waals surface area contributed by atoms with Crippen LogP contribution in [-0.2, 0) is 0 Å². The average Bonchev–Trinajstić information content (AvgIpc) is 2.40. The number of hydrogen-bond donors (Lipinski definition) is 2. The monoisotopic (exact) mass is 281 g/mol. The molecular formula is C16H27NOS. The number of rotatable bonds is 9. The topological polar surface area (TPSA) is 32.3 Å². The molecule has 3 heteroatoms. The van der Waals surface area contributed by atoms with Crippen LogP contribution >= 0.6 is 11.8 Å². The zero-order valence-electron chi connectivity index (χ0n) is 12.4. The molecule has 1 aromatic rings.